The Kier molecular flexibility index (Phi) is 7.33. The van der Waals surface area contributed by atoms with Crippen LogP contribution in [0.15, 0.2) is 30.5 Å². The summed E-state index contributed by atoms with van der Waals surface area (Å²) in [7, 11) is 0. The van der Waals surface area contributed by atoms with Crippen molar-refractivity contribution in [2.75, 3.05) is 0 Å². The van der Waals surface area contributed by atoms with Crippen molar-refractivity contribution < 1.29 is 4.79 Å². The molecule has 2 aromatic rings. The quantitative estimate of drug-likeness (QED) is 0.387. The van der Waals surface area contributed by atoms with E-state index in [-0.39, 0.29) is 0 Å². The molecule has 120 valence electrons. The summed E-state index contributed by atoms with van der Waals surface area (Å²) in [4.78, 5) is 15.2. The Morgan fingerprint density at radius 1 is 1.09 bits per heavy atom. The fraction of sp³-hybridized carbons (Fsp3) is 0.429. The van der Waals surface area contributed by atoms with Gasteiger partial charge in [-0.25, -0.2) is 0 Å². The van der Waals surface area contributed by atoms with E-state index in [1.807, 2.05) is 24.3 Å². The number of hydrogen-bond donors (Lipinski definition) is 0. The van der Waals surface area contributed by atoms with E-state index in [9.17, 15) is 4.79 Å². The highest BCUT2D eigenvalue weighted by Gasteiger charge is 2.04. The van der Waals surface area contributed by atoms with Gasteiger partial charge in [0.15, 0.2) is 0 Å². The van der Waals surface area contributed by atoms with E-state index < -0.39 is 0 Å². The van der Waals surface area contributed by atoms with Gasteiger partial charge in [-0.3, -0.25) is 4.98 Å². The highest BCUT2D eigenvalue weighted by atomic mass is 16.1. The van der Waals surface area contributed by atoms with Gasteiger partial charge in [0.25, 0.3) is 0 Å². The highest BCUT2D eigenvalue weighted by Crippen LogP contribution is 2.20. The largest absolute Gasteiger partial charge is 0.303 e. The summed E-state index contributed by atoms with van der Waals surface area (Å²) in [5, 5.41) is 1.04. The molecule has 0 amide bonds. The second kappa shape index (κ2) is 9.79. The van der Waals surface area contributed by atoms with Gasteiger partial charge in [-0.1, -0.05) is 63.0 Å². The topological polar surface area (TPSA) is 30.0 Å². The normalized spacial score (nSPS) is 10.3. The Bertz CT molecular complexity index is 694. The maximum atomic E-state index is 10.8. The second-order valence-corrected chi connectivity index (χ2v) is 5.86. The third-order valence-electron chi connectivity index (χ3n) is 4.03. The first-order valence-corrected chi connectivity index (χ1v) is 8.66. The van der Waals surface area contributed by atoms with E-state index in [0.717, 1.165) is 34.7 Å². The number of carbonyl (C=O) groups excluding carboxylic acids is 1. The average molecular weight is 307 g/mol. The van der Waals surface area contributed by atoms with Gasteiger partial charge in [-0.2, -0.15) is 0 Å². The van der Waals surface area contributed by atoms with Crippen molar-refractivity contribution in [1.29, 1.82) is 0 Å². The van der Waals surface area contributed by atoms with Crippen LogP contribution < -0.4 is 0 Å². The standard InChI is InChI=1S/C21H25NO/c1-2-3-4-5-6-7-8-9-11-18-13-14-19(15-17-23)21-20(18)12-10-16-22-21/h10,12-14,16-17H,2-8,15H2,1H3. The number of hydrogen-bond acceptors (Lipinski definition) is 2. The Morgan fingerprint density at radius 3 is 2.74 bits per heavy atom. The van der Waals surface area contributed by atoms with E-state index >= 15 is 0 Å². The fourth-order valence-electron chi connectivity index (χ4n) is 2.75. The first-order chi connectivity index (χ1) is 11.4. The number of benzene rings is 1. The van der Waals surface area contributed by atoms with Crippen molar-refractivity contribution in [3.63, 3.8) is 0 Å². The fourth-order valence-corrected chi connectivity index (χ4v) is 2.75. The third kappa shape index (κ3) is 5.21. The van der Waals surface area contributed by atoms with Crippen LogP contribution in [0.4, 0.5) is 0 Å². The molecule has 0 atom stereocenters. The summed E-state index contributed by atoms with van der Waals surface area (Å²) in [6.45, 7) is 2.24. The van der Waals surface area contributed by atoms with Crippen molar-refractivity contribution in [2.24, 2.45) is 0 Å². The van der Waals surface area contributed by atoms with Crippen molar-refractivity contribution in [1.82, 2.24) is 4.98 Å². The van der Waals surface area contributed by atoms with Crippen LogP contribution in [0.3, 0.4) is 0 Å². The predicted octanol–water partition coefficient (Wildman–Crippen LogP) is 5.08. The van der Waals surface area contributed by atoms with Gasteiger partial charge in [0.05, 0.1) is 5.52 Å². The molecule has 0 saturated heterocycles. The molecule has 0 N–H and O–H groups in total. The number of aromatic nitrogens is 1. The number of unbranched alkanes of at least 4 members (excludes halogenated alkanes) is 6. The molecule has 0 fully saturated rings. The lowest BCUT2D eigenvalue weighted by Gasteiger charge is -2.04. The Labute approximate surface area is 139 Å². The molecule has 0 radical (unpaired) electrons. The van der Waals surface area contributed by atoms with Crippen LogP contribution in [0.2, 0.25) is 0 Å². The van der Waals surface area contributed by atoms with Crippen LogP contribution in [-0.4, -0.2) is 11.3 Å². The maximum Gasteiger partial charge on any atom is 0.124 e. The molecule has 0 spiro atoms. The Balaban J connectivity index is 2.00. The van der Waals surface area contributed by atoms with Crippen LogP contribution in [0.5, 0.6) is 0 Å². The lowest BCUT2D eigenvalue weighted by atomic mass is 10.0. The molecule has 1 aromatic carbocycles. The molecule has 23 heavy (non-hydrogen) atoms. The highest BCUT2D eigenvalue weighted by molar-refractivity contribution is 5.88. The number of fused-ring (bicyclic) bond motifs is 1. The first-order valence-electron chi connectivity index (χ1n) is 8.66. The van der Waals surface area contributed by atoms with E-state index in [2.05, 4.69) is 23.7 Å². The van der Waals surface area contributed by atoms with Gasteiger partial charge in [0, 0.05) is 30.0 Å². The number of pyridine rings is 1. The molecule has 2 heteroatoms. The van der Waals surface area contributed by atoms with Gasteiger partial charge in [0.2, 0.25) is 0 Å². The molecule has 0 aliphatic carbocycles. The molecule has 0 bridgehead atoms. The van der Waals surface area contributed by atoms with E-state index in [1.54, 1.807) is 6.20 Å². The van der Waals surface area contributed by atoms with Crippen molar-refractivity contribution >= 4 is 17.2 Å². The lowest BCUT2D eigenvalue weighted by Crippen LogP contribution is -1.92. The number of aldehydes is 1. The van der Waals surface area contributed by atoms with Crippen LogP contribution in [0, 0.1) is 11.8 Å². The summed E-state index contributed by atoms with van der Waals surface area (Å²) in [6, 6.07) is 7.94. The maximum absolute atomic E-state index is 10.8. The zero-order chi connectivity index (χ0) is 16.3. The molecule has 0 unspecified atom stereocenters. The minimum Gasteiger partial charge on any atom is -0.303 e. The van der Waals surface area contributed by atoms with Crippen LogP contribution in [-0.2, 0) is 11.2 Å². The lowest BCUT2D eigenvalue weighted by molar-refractivity contribution is -0.107. The molecule has 2 rings (SSSR count). The van der Waals surface area contributed by atoms with Gasteiger partial charge >= 0.3 is 0 Å². The van der Waals surface area contributed by atoms with Crippen molar-refractivity contribution in [3.8, 4) is 11.8 Å². The Morgan fingerprint density at radius 2 is 1.91 bits per heavy atom. The Hall–Kier alpha value is -2.14. The number of carbonyl (C=O) groups is 1. The van der Waals surface area contributed by atoms with Crippen LogP contribution in [0.25, 0.3) is 10.9 Å². The van der Waals surface area contributed by atoms with E-state index in [0.29, 0.717) is 6.42 Å². The zero-order valence-corrected chi connectivity index (χ0v) is 14.0. The van der Waals surface area contributed by atoms with Crippen LogP contribution in [0.1, 0.15) is 63.0 Å². The predicted molar refractivity (Wildman–Crippen MR) is 96.4 cm³/mol. The summed E-state index contributed by atoms with van der Waals surface area (Å²) < 4.78 is 0. The molecule has 0 aliphatic rings. The molecule has 1 aromatic heterocycles. The summed E-state index contributed by atoms with van der Waals surface area (Å²) in [5.74, 6) is 6.57. The van der Waals surface area contributed by atoms with E-state index in [4.69, 9.17) is 0 Å². The molecule has 1 heterocycles. The minimum absolute atomic E-state index is 0.402. The van der Waals surface area contributed by atoms with E-state index in [1.165, 1.54) is 38.5 Å². The zero-order valence-electron chi connectivity index (χ0n) is 14.0. The monoisotopic (exact) mass is 307 g/mol. The van der Waals surface area contributed by atoms with Gasteiger partial charge in [-0.05, 0) is 24.1 Å². The molecule has 2 nitrogen and oxygen atoms in total. The summed E-state index contributed by atoms with van der Waals surface area (Å²) in [6.07, 6.45) is 11.8. The van der Waals surface area contributed by atoms with Crippen molar-refractivity contribution in [3.05, 3.63) is 41.6 Å². The third-order valence-corrected chi connectivity index (χ3v) is 4.03. The number of rotatable bonds is 8. The molecular formula is C21H25NO. The van der Waals surface area contributed by atoms with Gasteiger partial charge < -0.3 is 4.79 Å². The number of nitrogens with zero attached hydrogens (tertiary/aromatic N) is 1. The molecule has 0 aliphatic heterocycles. The second-order valence-electron chi connectivity index (χ2n) is 5.86. The summed E-state index contributed by atoms with van der Waals surface area (Å²) in [5.41, 5.74) is 2.87. The van der Waals surface area contributed by atoms with Crippen molar-refractivity contribution in [2.45, 2.75) is 58.3 Å². The average Bonchev–Trinajstić information content (AvgIpc) is 2.59. The minimum atomic E-state index is 0.402. The smallest absolute Gasteiger partial charge is 0.124 e. The molecular weight excluding hydrogens is 282 g/mol. The molecule has 0 saturated carbocycles. The van der Waals surface area contributed by atoms with Gasteiger partial charge in [0.1, 0.15) is 6.29 Å². The summed E-state index contributed by atoms with van der Waals surface area (Å²) >= 11 is 0. The van der Waals surface area contributed by atoms with Crippen LogP contribution >= 0.6 is 0 Å². The van der Waals surface area contributed by atoms with Gasteiger partial charge in [-0.15, -0.1) is 0 Å². The SMILES string of the molecule is CCCCCCCCC#Cc1ccc(CC=O)c2ncccc12. The first kappa shape index (κ1) is 17.2.